The molecule has 27 heavy (non-hydrogen) atoms. The summed E-state index contributed by atoms with van der Waals surface area (Å²) >= 11 is 1.74. The number of anilines is 2. The number of morpholine rings is 1. The molecule has 142 valence electrons. The number of benzene rings is 1. The van der Waals surface area contributed by atoms with Crippen molar-refractivity contribution in [2.45, 2.75) is 20.4 Å². The van der Waals surface area contributed by atoms with Gasteiger partial charge in [-0.15, -0.1) is 11.3 Å². The Morgan fingerprint density at radius 2 is 1.89 bits per heavy atom. The van der Waals surface area contributed by atoms with Crippen LogP contribution in [-0.4, -0.2) is 43.4 Å². The Morgan fingerprint density at radius 3 is 2.59 bits per heavy atom. The fourth-order valence-corrected chi connectivity index (χ4v) is 4.38. The van der Waals surface area contributed by atoms with E-state index in [0.717, 1.165) is 66.1 Å². The first kappa shape index (κ1) is 18.2. The number of aryl methyl sites for hydroxylation is 2. The third-order valence-electron chi connectivity index (χ3n) is 5.04. The van der Waals surface area contributed by atoms with Crippen molar-refractivity contribution in [2.75, 3.05) is 38.7 Å². The molecule has 7 heteroatoms. The minimum atomic E-state index is 0.811. The molecule has 0 bridgehead atoms. The number of quaternary nitrogens is 1. The lowest BCUT2D eigenvalue weighted by atomic mass is 10.2. The van der Waals surface area contributed by atoms with E-state index < -0.39 is 0 Å². The Labute approximate surface area is 163 Å². The lowest BCUT2D eigenvalue weighted by Gasteiger charge is -2.23. The standard InChI is InChI=1S/C20H24N4O2S/c1-13-14(2)27-20-18(13)19(21-15-4-6-16(25-3)7-5-15)22-17(23-20)12-24-8-10-26-11-9-24/h4-7H,8-12H2,1-3H3,(H,21,22,23)/p+1. The largest absolute Gasteiger partial charge is 0.497 e. The van der Waals surface area contributed by atoms with Crippen molar-refractivity contribution in [3.8, 4) is 5.75 Å². The molecular weight excluding hydrogens is 360 g/mol. The van der Waals surface area contributed by atoms with Gasteiger partial charge < -0.3 is 19.7 Å². The highest BCUT2D eigenvalue weighted by Crippen LogP contribution is 2.34. The van der Waals surface area contributed by atoms with Gasteiger partial charge in [0.2, 0.25) is 0 Å². The third-order valence-corrected chi connectivity index (χ3v) is 6.14. The van der Waals surface area contributed by atoms with Gasteiger partial charge in [-0.25, -0.2) is 9.97 Å². The zero-order valence-electron chi connectivity index (χ0n) is 16.0. The van der Waals surface area contributed by atoms with Gasteiger partial charge in [-0.05, 0) is 43.7 Å². The molecule has 2 aromatic heterocycles. The van der Waals surface area contributed by atoms with Crippen LogP contribution < -0.4 is 15.0 Å². The van der Waals surface area contributed by atoms with Crippen molar-refractivity contribution in [1.82, 2.24) is 9.97 Å². The summed E-state index contributed by atoms with van der Waals surface area (Å²) in [5, 5.41) is 4.62. The van der Waals surface area contributed by atoms with Gasteiger partial charge in [0.05, 0.1) is 25.7 Å². The smallest absolute Gasteiger partial charge is 0.187 e. The van der Waals surface area contributed by atoms with Crippen molar-refractivity contribution in [1.29, 1.82) is 0 Å². The minimum Gasteiger partial charge on any atom is -0.497 e. The quantitative estimate of drug-likeness (QED) is 0.707. The predicted octanol–water partition coefficient (Wildman–Crippen LogP) is 2.48. The minimum absolute atomic E-state index is 0.811. The molecule has 6 nitrogen and oxygen atoms in total. The summed E-state index contributed by atoms with van der Waals surface area (Å²) in [7, 11) is 1.67. The van der Waals surface area contributed by atoms with E-state index in [0.29, 0.717) is 0 Å². The van der Waals surface area contributed by atoms with Gasteiger partial charge in [0, 0.05) is 10.6 Å². The van der Waals surface area contributed by atoms with Crippen LogP contribution in [0.5, 0.6) is 5.75 Å². The van der Waals surface area contributed by atoms with Gasteiger partial charge in [-0.2, -0.15) is 0 Å². The van der Waals surface area contributed by atoms with E-state index in [1.54, 1.807) is 18.4 Å². The average Bonchev–Trinajstić information content (AvgIpc) is 2.97. The molecule has 3 heterocycles. The molecule has 1 aromatic carbocycles. The van der Waals surface area contributed by atoms with Gasteiger partial charge in [-0.1, -0.05) is 0 Å². The van der Waals surface area contributed by atoms with Gasteiger partial charge >= 0.3 is 0 Å². The Morgan fingerprint density at radius 1 is 1.15 bits per heavy atom. The lowest BCUT2D eigenvalue weighted by molar-refractivity contribution is -0.922. The normalized spacial score (nSPS) is 15.2. The summed E-state index contributed by atoms with van der Waals surface area (Å²) in [6.45, 7) is 8.75. The number of ether oxygens (including phenoxy) is 2. The zero-order chi connectivity index (χ0) is 18.8. The fraction of sp³-hybridized carbons (Fsp3) is 0.400. The molecule has 0 atom stereocenters. The number of methoxy groups -OCH3 is 1. The van der Waals surface area contributed by atoms with E-state index in [1.807, 2.05) is 24.3 Å². The van der Waals surface area contributed by atoms with E-state index >= 15 is 0 Å². The molecule has 1 fully saturated rings. The highest BCUT2D eigenvalue weighted by molar-refractivity contribution is 7.18. The van der Waals surface area contributed by atoms with Crippen LogP contribution in [0.4, 0.5) is 11.5 Å². The van der Waals surface area contributed by atoms with Crippen molar-refractivity contribution < 1.29 is 14.4 Å². The molecule has 4 rings (SSSR count). The molecule has 0 unspecified atom stereocenters. The second-order valence-corrected chi connectivity index (χ2v) is 8.05. The number of nitrogens with one attached hydrogen (secondary N) is 2. The fourth-order valence-electron chi connectivity index (χ4n) is 3.33. The number of thiophene rings is 1. The summed E-state index contributed by atoms with van der Waals surface area (Å²) in [5.41, 5.74) is 2.24. The Kier molecular flexibility index (Phi) is 5.24. The number of fused-ring (bicyclic) bond motifs is 1. The Bertz CT molecular complexity index is 933. The summed E-state index contributed by atoms with van der Waals surface area (Å²) in [6.07, 6.45) is 0. The summed E-state index contributed by atoms with van der Waals surface area (Å²) in [6, 6.07) is 7.92. The van der Waals surface area contributed by atoms with Crippen molar-refractivity contribution in [3.05, 3.63) is 40.5 Å². The number of hydrogen-bond acceptors (Lipinski definition) is 6. The molecule has 0 amide bonds. The highest BCUT2D eigenvalue weighted by Gasteiger charge is 2.19. The number of aromatic nitrogens is 2. The molecule has 2 N–H and O–H groups in total. The van der Waals surface area contributed by atoms with E-state index in [1.165, 1.54) is 15.3 Å². The van der Waals surface area contributed by atoms with E-state index in [4.69, 9.17) is 19.4 Å². The molecule has 1 saturated heterocycles. The van der Waals surface area contributed by atoms with Crippen LogP contribution in [0.15, 0.2) is 24.3 Å². The van der Waals surface area contributed by atoms with Gasteiger partial charge in [0.15, 0.2) is 5.82 Å². The van der Waals surface area contributed by atoms with Crippen LogP contribution in [0.1, 0.15) is 16.3 Å². The molecule has 0 aliphatic carbocycles. The maximum atomic E-state index is 5.47. The van der Waals surface area contributed by atoms with Gasteiger partial charge in [0.25, 0.3) is 0 Å². The first-order chi connectivity index (χ1) is 13.1. The molecule has 0 radical (unpaired) electrons. The molecule has 0 spiro atoms. The second kappa shape index (κ2) is 7.80. The van der Waals surface area contributed by atoms with Crippen LogP contribution in [-0.2, 0) is 11.3 Å². The Hall–Kier alpha value is -2.22. The number of nitrogens with zero attached hydrogens (tertiary/aromatic N) is 2. The van der Waals surface area contributed by atoms with Gasteiger partial charge in [0.1, 0.15) is 36.0 Å². The number of hydrogen-bond donors (Lipinski definition) is 2. The third kappa shape index (κ3) is 3.90. The molecule has 1 aliphatic rings. The zero-order valence-corrected chi connectivity index (χ0v) is 16.8. The maximum Gasteiger partial charge on any atom is 0.187 e. The summed E-state index contributed by atoms with van der Waals surface area (Å²) in [5.74, 6) is 2.61. The topological polar surface area (TPSA) is 60.7 Å². The SMILES string of the molecule is COc1ccc(Nc2nc(C[NH+]3CCOCC3)nc3sc(C)c(C)c23)cc1. The van der Waals surface area contributed by atoms with Crippen molar-refractivity contribution in [2.24, 2.45) is 0 Å². The van der Waals surface area contributed by atoms with Gasteiger partial charge in [-0.3, -0.25) is 0 Å². The number of rotatable bonds is 5. The van der Waals surface area contributed by atoms with Crippen molar-refractivity contribution >= 4 is 33.1 Å². The molecule has 3 aromatic rings. The average molecular weight is 386 g/mol. The molecular formula is C20H25N4O2S+. The van der Waals surface area contributed by atoms with Crippen LogP contribution in [0.3, 0.4) is 0 Å². The van der Waals surface area contributed by atoms with Crippen LogP contribution in [0, 0.1) is 13.8 Å². The first-order valence-electron chi connectivity index (χ1n) is 9.23. The van der Waals surface area contributed by atoms with Crippen LogP contribution in [0.2, 0.25) is 0 Å². The monoisotopic (exact) mass is 385 g/mol. The van der Waals surface area contributed by atoms with Crippen LogP contribution in [0.25, 0.3) is 10.2 Å². The maximum absolute atomic E-state index is 5.47. The van der Waals surface area contributed by atoms with Crippen LogP contribution >= 0.6 is 11.3 Å². The second-order valence-electron chi connectivity index (χ2n) is 6.84. The first-order valence-corrected chi connectivity index (χ1v) is 10.0. The molecule has 0 saturated carbocycles. The van der Waals surface area contributed by atoms with E-state index in [2.05, 4.69) is 19.2 Å². The summed E-state index contributed by atoms with van der Waals surface area (Å²) < 4.78 is 10.7. The highest BCUT2D eigenvalue weighted by atomic mass is 32.1. The lowest BCUT2D eigenvalue weighted by Crippen LogP contribution is -3.12. The van der Waals surface area contributed by atoms with Crippen molar-refractivity contribution in [3.63, 3.8) is 0 Å². The van der Waals surface area contributed by atoms with E-state index in [-0.39, 0.29) is 0 Å². The Balaban J connectivity index is 1.69. The predicted molar refractivity (Wildman–Crippen MR) is 108 cm³/mol. The summed E-state index contributed by atoms with van der Waals surface area (Å²) in [4.78, 5) is 13.6. The van der Waals surface area contributed by atoms with E-state index in [9.17, 15) is 0 Å². The molecule has 1 aliphatic heterocycles.